The third kappa shape index (κ3) is 2.78. The summed E-state index contributed by atoms with van der Waals surface area (Å²) in [5, 5.41) is 9.29. The van der Waals surface area contributed by atoms with Gasteiger partial charge in [0.15, 0.2) is 11.6 Å². The maximum Gasteiger partial charge on any atom is 0.229 e. The second-order valence-electron chi connectivity index (χ2n) is 4.25. The number of aromatic amines is 1. The fourth-order valence-corrected chi connectivity index (χ4v) is 1.78. The molecule has 0 radical (unpaired) electrons. The minimum atomic E-state index is -0.988. The van der Waals surface area contributed by atoms with Crippen molar-refractivity contribution in [2.24, 2.45) is 0 Å². The number of H-pyrrole nitrogens is 1. The quantitative estimate of drug-likeness (QED) is 0.895. The Morgan fingerprint density at radius 3 is 2.74 bits per heavy atom. The lowest BCUT2D eigenvalue weighted by molar-refractivity contribution is -0.115. The summed E-state index contributed by atoms with van der Waals surface area (Å²) in [4.78, 5) is 11.8. The van der Waals surface area contributed by atoms with Crippen molar-refractivity contribution in [1.29, 1.82) is 0 Å². The highest BCUT2D eigenvalue weighted by atomic mass is 19.2. The van der Waals surface area contributed by atoms with Gasteiger partial charge in [0, 0.05) is 5.56 Å². The normalized spacial score (nSPS) is 10.5. The molecule has 0 saturated heterocycles. The molecule has 0 aliphatic heterocycles. The molecule has 1 aromatic heterocycles. The molecule has 0 bridgehead atoms. The van der Waals surface area contributed by atoms with Crippen LogP contribution in [0.4, 0.5) is 14.5 Å². The average Bonchev–Trinajstić information content (AvgIpc) is 2.67. The van der Waals surface area contributed by atoms with Crippen molar-refractivity contribution >= 4 is 11.6 Å². The summed E-state index contributed by atoms with van der Waals surface area (Å²) >= 11 is 0. The third-order valence-corrected chi connectivity index (χ3v) is 2.78. The van der Waals surface area contributed by atoms with E-state index < -0.39 is 17.5 Å². The molecular weight excluding hydrogens is 252 g/mol. The fraction of sp³-hybridized carbons (Fsp3) is 0.231. The lowest BCUT2D eigenvalue weighted by Crippen LogP contribution is -2.16. The second-order valence-corrected chi connectivity index (χ2v) is 4.25. The van der Waals surface area contributed by atoms with Crippen molar-refractivity contribution in [3.8, 4) is 0 Å². The van der Waals surface area contributed by atoms with Crippen LogP contribution < -0.4 is 5.32 Å². The van der Waals surface area contributed by atoms with E-state index in [1.54, 1.807) is 13.8 Å². The van der Waals surface area contributed by atoms with Gasteiger partial charge in [0.25, 0.3) is 0 Å². The van der Waals surface area contributed by atoms with Crippen molar-refractivity contribution in [3.63, 3.8) is 0 Å². The molecule has 2 rings (SSSR count). The van der Waals surface area contributed by atoms with E-state index in [9.17, 15) is 13.6 Å². The molecule has 4 nitrogen and oxygen atoms in total. The average molecular weight is 265 g/mol. The number of hydrogen-bond donors (Lipinski definition) is 2. The largest absolute Gasteiger partial charge is 0.323 e. The van der Waals surface area contributed by atoms with Crippen LogP contribution in [0.15, 0.2) is 18.2 Å². The summed E-state index contributed by atoms with van der Waals surface area (Å²) in [6.07, 6.45) is -0.229. The van der Waals surface area contributed by atoms with Crippen LogP contribution in [0.25, 0.3) is 0 Å². The van der Waals surface area contributed by atoms with Crippen LogP contribution in [0.3, 0.4) is 0 Å². The summed E-state index contributed by atoms with van der Waals surface area (Å²) in [7, 11) is 0. The first-order valence-electron chi connectivity index (χ1n) is 5.73. The highest BCUT2D eigenvalue weighted by Gasteiger charge is 2.14. The van der Waals surface area contributed by atoms with Crippen molar-refractivity contribution in [2.75, 3.05) is 5.32 Å². The monoisotopic (exact) mass is 265 g/mol. The van der Waals surface area contributed by atoms with Crippen LogP contribution in [0.2, 0.25) is 0 Å². The van der Waals surface area contributed by atoms with Gasteiger partial charge < -0.3 is 5.32 Å². The number of anilines is 1. The number of nitrogens with one attached hydrogen (secondary N) is 2. The molecule has 1 heterocycles. The molecular formula is C13H13F2N3O. The number of carbonyl (C=O) groups excluding carboxylic acids is 1. The van der Waals surface area contributed by atoms with E-state index in [1.165, 1.54) is 12.1 Å². The Bertz CT molecular complexity index is 603. The Hall–Kier alpha value is -2.24. The zero-order chi connectivity index (χ0) is 14.0. The van der Waals surface area contributed by atoms with Gasteiger partial charge in [-0.15, -0.1) is 0 Å². The van der Waals surface area contributed by atoms with Crippen LogP contribution in [-0.2, 0) is 11.2 Å². The lowest BCUT2D eigenvalue weighted by atomic mass is 10.1. The summed E-state index contributed by atoms with van der Waals surface area (Å²) in [6.45, 7) is 3.50. The van der Waals surface area contributed by atoms with Crippen LogP contribution in [0, 0.1) is 25.5 Å². The van der Waals surface area contributed by atoms with Gasteiger partial charge in [0.1, 0.15) is 0 Å². The number of amides is 1. The minimum Gasteiger partial charge on any atom is -0.323 e. The highest BCUT2D eigenvalue weighted by Crippen LogP contribution is 2.17. The number of aryl methyl sites for hydroxylation is 2. The standard InChI is InChI=1S/C13H13F2N3O/c1-7-13(8(2)18-17-7)16-11(19)6-9-4-3-5-10(14)12(9)15/h3-5H,6H2,1-2H3,(H,16,19)(H,17,18). The third-order valence-electron chi connectivity index (χ3n) is 2.78. The van der Waals surface area contributed by atoms with Gasteiger partial charge in [-0.25, -0.2) is 8.78 Å². The molecule has 0 fully saturated rings. The first kappa shape index (κ1) is 13.2. The van der Waals surface area contributed by atoms with E-state index >= 15 is 0 Å². The molecule has 0 unspecified atom stereocenters. The van der Waals surface area contributed by atoms with E-state index in [-0.39, 0.29) is 12.0 Å². The summed E-state index contributed by atoms with van der Waals surface area (Å²) < 4.78 is 26.4. The smallest absolute Gasteiger partial charge is 0.229 e. The Kier molecular flexibility index (Phi) is 3.59. The highest BCUT2D eigenvalue weighted by molar-refractivity contribution is 5.93. The number of rotatable bonds is 3. The maximum atomic E-state index is 13.4. The molecule has 1 aromatic carbocycles. The first-order chi connectivity index (χ1) is 8.99. The molecule has 0 spiro atoms. The Morgan fingerprint density at radius 2 is 2.11 bits per heavy atom. The van der Waals surface area contributed by atoms with Gasteiger partial charge in [0.05, 0.1) is 23.5 Å². The molecule has 2 N–H and O–H groups in total. The Morgan fingerprint density at radius 1 is 1.37 bits per heavy atom. The van der Waals surface area contributed by atoms with E-state index in [0.29, 0.717) is 17.1 Å². The molecule has 0 aliphatic carbocycles. The van der Waals surface area contributed by atoms with E-state index in [2.05, 4.69) is 15.5 Å². The molecule has 0 aliphatic rings. The van der Waals surface area contributed by atoms with E-state index in [0.717, 1.165) is 6.07 Å². The van der Waals surface area contributed by atoms with Crippen LogP contribution >= 0.6 is 0 Å². The van der Waals surface area contributed by atoms with Gasteiger partial charge in [-0.3, -0.25) is 9.89 Å². The molecule has 2 aromatic rings. The number of benzene rings is 1. The van der Waals surface area contributed by atoms with Gasteiger partial charge in [0.2, 0.25) is 5.91 Å². The zero-order valence-corrected chi connectivity index (χ0v) is 10.6. The molecule has 19 heavy (non-hydrogen) atoms. The predicted octanol–water partition coefficient (Wildman–Crippen LogP) is 2.49. The number of halogens is 2. The van der Waals surface area contributed by atoms with Crippen LogP contribution in [0.5, 0.6) is 0 Å². The fourth-order valence-electron chi connectivity index (χ4n) is 1.78. The maximum absolute atomic E-state index is 13.4. The van der Waals surface area contributed by atoms with Crippen molar-refractivity contribution in [3.05, 3.63) is 46.8 Å². The number of aromatic nitrogens is 2. The Labute approximate surface area is 108 Å². The topological polar surface area (TPSA) is 57.8 Å². The minimum absolute atomic E-state index is 0.0244. The van der Waals surface area contributed by atoms with Crippen LogP contribution in [0.1, 0.15) is 17.0 Å². The summed E-state index contributed by atoms with van der Waals surface area (Å²) in [5.74, 6) is -2.36. The van der Waals surface area contributed by atoms with Gasteiger partial charge in [-0.05, 0) is 19.9 Å². The zero-order valence-electron chi connectivity index (χ0n) is 10.6. The summed E-state index contributed by atoms with van der Waals surface area (Å²) in [5.41, 5.74) is 1.95. The number of hydrogen-bond acceptors (Lipinski definition) is 2. The van der Waals surface area contributed by atoms with Gasteiger partial charge >= 0.3 is 0 Å². The van der Waals surface area contributed by atoms with Crippen molar-refractivity contribution < 1.29 is 13.6 Å². The van der Waals surface area contributed by atoms with Crippen molar-refractivity contribution in [1.82, 2.24) is 10.2 Å². The predicted molar refractivity (Wildman–Crippen MR) is 66.8 cm³/mol. The molecule has 0 atom stereocenters. The Balaban J connectivity index is 2.12. The lowest BCUT2D eigenvalue weighted by Gasteiger charge is -2.06. The van der Waals surface area contributed by atoms with Crippen LogP contribution in [-0.4, -0.2) is 16.1 Å². The van der Waals surface area contributed by atoms with Gasteiger partial charge in [-0.2, -0.15) is 5.10 Å². The number of carbonyl (C=O) groups is 1. The van der Waals surface area contributed by atoms with E-state index in [4.69, 9.17) is 0 Å². The molecule has 1 amide bonds. The molecule has 100 valence electrons. The number of nitrogens with zero attached hydrogens (tertiary/aromatic N) is 1. The molecule has 0 saturated carbocycles. The molecule has 6 heteroatoms. The first-order valence-corrected chi connectivity index (χ1v) is 5.73. The van der Waals surface area contributed by atoms with Crippen molar-refractivity contribution in [2.45, 2.75) is 20.3 Å². The van der Waals surface area contributed by atoms with E-state index in [1.807, 2.05) is 0 Å². The summed E-state index contributed by atoms with van der Waals surface area (Å²) in [6, 6.07) is 3.77. The SMILES string of the molecule is Cc1n[nH]c(C)c1NC(=O)Cc1cccc(F)c1F. The van der Waals surface area contributed by atoms with Gasteiger partial charge in [-0.1, -0.05) is 12.1 Å². The second kappa shape index (κ2) is 5.17.